The minimum absolute atomic E-state index is 0.0113. The second-order valence-corrected chi connectivity index (χ2v) is 11.9. The normalized spacial score (nSPS) is 9.66. The van der Waals surface area contributed by atoms with E-state index in [1.165, 1.54) is 88.4 Å². The first-order chi connectivity index (χ1) is 27.3. The molecular formula is C43H32O15. The lowest BCUT2D eigenvalue weighted by atomic mass is 10.1. The van der Waals surface area contributed by atoms with E-state index in [1.54, 1.807) is 0 Å². The van der Waals surface area contributed by atoms with Crippen molar-refractivity contribution in [2.45, 2.75) is 34.1 Å². The van der Waals surface area contributed by atoms with Gasteiger partial charge in [0, 0.05) is 39.0 Å². The summed E-state index contributed by atoms with van der Waals surface area (Å²) in [4.78, 5) is 96.8. The summed E-state index contributed by atoms with van der Waals surface area (Å²) in [6.45, 7) is 18.9. The van der Waals surface area contributed by atoms with Gasteiger partial charge in [-0.15, -0.1) is 0 Å². The van der Waals surface area contributed by atoms with Crippen LogP contribution in [0.4, 0.5) is 14.4 Å². The Morgan fingerprint density at radius 2 is 0.828 bits per heavy atom. The third kappa shape index (κ3) is 14.2. The molecule has 0 bridgehead atoms. The quantitative estimate of drug-likeness (QED) is 0.0565. The maximum absolute atomic E-state index is 12.7. The molecule has 0 N–H and O–H groups in total. The predicted molar refractivity (Wildman–Crippen MR) is 202 cm³/mol. The number of esters is 5. The maximum Gasteiger partial charge on any atom is 0.522 e. The van der Waals surface area contributed by atoms with Gasteiger partial charge in [-0.05, 0) is 81.8 Å². The summed E-state index contributed by atoms with van der Waals surface area (Å²) in [7, 11) is 0. The van der Waals surface area contributed by atoms with Crippen LogP contribution in [0.1, 0.15) is 55.5 Å². The molecule has 0 amide bonds. The van der Waals surface area contributed by atoms with Crippen LogP contribution in [0.15, 0.2) is 109 Å². The minimum atomic E-state index is -1.52. The number of benzene rings is 3. The molecule has 0 aliphatic rings. The van der Waals surface area contributed by atoms with Crippen LogP contribution < -0.4 is 14.2 Å². The topological polar surface area (TPSA) is 201 Å². The highest BCUT2D eigenvalue weighted by atomic mass is 16.8. The molecule has 3 aromatic carbocycles. The van der Waals surface area contributed by atoms with Gasteiger partial charge in [-0.25, -0.2) is 33.6 Å². The largest absolute Gasteiger partial charge is 0.522 e. The van der Waals surface area contributed by atoms with Crippen molar-refractivity contribution in [2.24, 2.45) is 0 Å². The van der Waals surface area contributed by atoms with Crippen LogP contribution in [0.3, 0.4) is 0 Å². The van der Waals surface area contributed by atoms with Gasteiger partial charge in [0.2, 0.25) is 0 Å². The molecule has 0 fully saturated rings. The molecule has 58 heavy (non-hydrogen) atoms. The standard InChI is InChI=1S/C43H32O15/c1-24(2)37(45)55-36(44)23-30-12-9-28(10-13-30)17-20-33-34(53-42(50)57-39(47)26(5)6)21-31(22-35(33)54-43(51)58-40(48)27(7)8)14-11-29-15-18-32(19-16-29)52-41(49)56-38(46)25(3)4/h9-10,12-13,15-16,18-19,21-22H,1,3,5,7,23H2,2,4,6,8H3. The van der Waals surface area contributed by atoms with Gasteiger partial charge in [-0.1, -0.05) is 62.1 Å². The van der Waals surface area contributed by atoms with E-state index in [-0.39, 0.29) is 45.6 Å². The van der Waals surface area contributed by atoms with Crippen molar-refractivity contribution in [1.29, 1.82) is 0 Å². The van der Waals surface area contributed by atoms with E-state index in [9.17, 15) is 38.4 Å². The Hall–Kier alpha value is -8.30. The summed E-state index contributed by atoms with van der Waals surface area (Å²) >= 11 is 0. The molecule has 3 rings (SSSR count). The van der Waals surface area contributed by atoms with Gasteiger partial charge in [0.25, 0.3) is 0 Å². The summed E-state index contributed by atoms with van der Waals surface area (Å²) in [5, 5.41) is 0. The van der Waals surface area contributed by atoms with Crippen LogP contribution in [-0.2, 0) is 49.3 Å². The molecule has 0 unspecified atom stereocenters. The summed E-state index contributed by atoms with van der Waals surface area (Å²) in [5.74, 6) is 5.36. The molecule has 0 aliphatic heterocycles. The third-order valence-corrected chi connectivity index (χ3v) is 6.62. The molecular weight excluding hydrogens is 756 g/mol. The van der Waals surface area contributed by atoms with Gasteiger partial charge in [0.1, 0.15) is 11.3 Å². The van der Waals surface area contributed by atoms with Crippen LogP contribution in [0.5, 0.6) is 17.2 Å². The van der Waals surface area contributed by atoms with Gasteiger partial charge < -0.3 is 33.2 Å². The molecule has 0 heterocycles. The number of rotatable bonds is 9. The number of carbonyl (C=O) groups is 8. The Kier molecular flexibility index (Phi) is 15.5. The Bertz CT molecular complexity index is 2330. The van der Waals surface area contributed by atoms with E-state index >= 15 is 0 Å². The average molecular weight is 789 g/mol. The third-order valence-electron chi connectivity index (χ3n) is 6.62. The first-order valence-corrected chi connectivity index (χ1v) is 16.4. The van der Waals surface area contributed by atoms with Crippen molar-refractivity contribution in [1.82, 2.24) is 0 Å². The van der Waals surface area contributed by atoms with E-state index in [2.05, 4.69) is 64.2 Å². The van der Waals surface area contributed by atoms with Crippen molar-refractivity contribution in [3.05, 3.63) is 137 Å². The summed E-state index contributed by atoms with van der Waals surface area (Å²) < 4.78 is 34.1. The minimum Gasteiger partial charge on any atom is -0.395 e. The SMILES string of the molecule is C=C(C)C(=O)OC(=O)Cc1ccc(C#Cc2c(OC(=O)OC(=O)C(=C)C)cc(C#Cc3ccc(OC(=O)OC(=O)C(=C)C)cc3)cc2OC(=O)OC(=O)C(=C)C)cc1. The number of ether oxygens (including phenoxy) is 7. The van der Waals surface area contributed by atoms with Crippen LogP contribution in [0, 0.1) is 23.7 Å². The lowest BCUT2D eigenvalue weighted by molar-refractivity contribution is -0.156. The average Bonchev–Trinajstić information content (AvgIpc) is 3.14. The Morgan fingerprint density at radius 1 is 0.466 bits per heavy atom. The highest BCUT2D eigenvalue weighted by Crippen LogP contribution is 2.31. The van der Waals surface area contributed by atoms with Crippen LogP contribution in [0.2, 0.25) is 0 Å². The zero-order valence-electron chi connectivity index (χ0n) is 31.4. The molecule has 0 saturated carbocycles. The van der Waals surface area contributed by atoms with Gasteiger partial charge in [0.15, 0.2) is 11.5 Å². The van der Waals surface area contributed by atoms with Gasteiger partial charge in [-0.2, -0.15) is 0 Å². The molecule has 0 radical (unpaired) electrons. The van der Waals surface area contributed by atoms with E-state index in [4.69, 9.17) is 18.9 Å². The van der Waals surface area contributed by atoms with Crippen molar-refractivity contribution >= 4 is 48.3 Å². The second kappa shape index (κ2) is 20.4. The lowest BCUT2D eigenvalue weighted by Crippen LogP contribution is -2.19. The number of carbonyl (C=O) groups excluding carboxylic acids is 8. The van der Waals surface area contributed by atoms with Crippen molar-refractivity contribution in [3.63, 3.8) is 0 Å². The Labute approximate surface area is 331 Å². The molecule has 0 spiro atoms. The fraction of sp³-hybridized carbons (Fsp3) is 0.116. The van der Waals surface area contributed by atoms with Crippen molar-refractivity contribution < 1.29 is 71.5 Å². The zero-order valence-corrected chi connectivity index (χ0v) is 31.4. The Morgan fingerprint density at radius 3 is 1.26 bits per heavy atom. The smallest absolute Gasteiger partial charge is 0.395 e. The van der Waals surface area contributed by atoms with Gasteiger partial charge in [0.05, 0.1) is 6.42 Å². The zero-order chi connectivity index (χ0) is 43.1. The summed E-state index contributed by atoms with van der Waals surface area (Å²) in [6.07, 6.45) is -4.57. The fourth-order valence-electron chi connectivity index (χ4n) is 3.76. The monoisotopic (exact) mass is 788 g/mol. The summed E-state index contributed by atoms with van der Waals surface area (Å²) in [6, 6.07) is 14.1. The first-order valence-electron chi connectivity index (χ1n) is 16.4. The predicted octanol–water partition coefficient (Wildman–Crippen LogP) is 6.53. The molecule has 294 valence electrons. The van der Waals surface area contributed by atoms with Gasteiger partial charge in [-0.3, -0.25) is 4.79 Å². The highest BCUT2D eigenvalue weighted by Gasteiger charge is 2.22. The van der Waals surface area contributed by atoms with Gasteiger partial charge >= 0.3 is 48.3 Å². The molecule has 0 atom stereocenters. The summed E-state index contributed by atoms with van der Waals surface area (Å²) in [5.41, 5.74) is 0.681. The van der Waals surface area contributed by atoms with E-state index in [1.807, 2.05) is 0 Å². The fourth-order valence-corrected chi connectivity index (χ4v) is 3.76. The molecule has 0 aliphatic carbocycles. The molecule has 3 aromatic rings. The Balaban J connectivity index is 2.07. The molecule has 15 heteroatoms. The van der Waals surface area contributed by atoms with Crippen LogP contribution >= 0.6 is 0 Å². The number of hydrogen-bond donors (Lipinski definition) is 0. The molecule has 0 saturated heterocycles. The lowest BCUT2D eigenvalue weighted by Gasteiger charge is -2.12. The highest BCUT2D eigenvalue weighted by molar-refractivity contribution is 5.96. The van der Waals surface area contributed by atoms with E-state index < -0.39 is 59.8 Å². The second-order valence-electron chi connectivity index (χ2n) is 11.9. The number of hydrogen-bond acceptors (Lipinski definition) is 15. The van der Waals surface area contributed by atoms with Crippen molar-refractivity contribution in [3.8, 4) is 40.9 Å². The molecule has 15 nitrogen and oxygen atoms in total. The van der Waals surface area contributed by atoms with E-state index in [0.717, 1.165) is 0 Å². The van der Waals surface area contributed by atoms with Crippen LogP contribution in [0.25, 0.3) is 0 Å². The molecule has 0 aromatic heterocycles. The maximum atomic E-state index is 12.7. The first kappa shape index (κ1) is 44.1. The van der Waals surface area contributed by atoms with Crippen molar-refractivity contribution in [2.75, 3.05) is 0 Å². The van der Waals surface area contributed by atoms with E-state index in [0.29, 0.717) is 16.7 Å². The van der Waals surface area contributed by atoms with Crippen LogP contribution in [-0.4, -0.2) is 48.3 Å².